The van der Waals surface area contributed by atoms with Crippen molar-refractivity contribution in [3.05, 3.63) is 115 Å². The van der Waals surface area contributed by atoms with E-state index in [1.54, 1.807) is 0 Å². The minimum atomic E-state index is 0.0855. The smallest absolute Gasteiger partial charge is 0.135 e. The van der Waals surface area contributed by atoms with Gasteiger partial charge in [-0.25, -0.2) is 0 Å². The molecule has 5 rings (SSSR count). The van der Waals surface area contributed by atoms with E-state index in [1.165, 1.54) is 5.56 Å². The predicted octanol–water partition coefficient (Wildman–Crippen LogP) is 8.97. The molecule has 1 N–H and O–H groups in total. The Hall–Kier alpha value is -4.04. The average molecular weight is 445 g/mol. The number of hydrogen-bond donors (Lipinski definition) is 1. The van der Waals surface area contributed by atoms with E-state index in [0.717, 1.165) is 38.8 Å². The van der Waals surface area contributed by atoms with Crippen molar-refractivity contribution in [2.24, 2.45) is 0 Å². The Bertz CT molecular complexity index is 1430. The molecule has 0 fully saturated rings. The summed E-state index contributed by atoms with van der Waals surface area (Å²) in [6, 6.07) is 36.4. The van der Waals surface area contributed by atoms with Crippen molar-refractivity contribution in [3.8, 4) is 39.5 Å². The molecule has 0 spiro atoms. The van der Waals surface area contributed by atoms with E-state index in [4.69, 9.17) is 4.74 Å². The van der Waals surface area contributed by atoms with Crippen molar-refractivity contribution in [2.75, 3.05) is 0 Å². The molecule has 0 radical (unpaired) electrons. The molecule has 0 bridgehead atoms. The first-order valence-corrected chi connectivity index (χ1v) is 11.6. The minimum absolute atomic E-state index is 0.0855. The lowest BCUT2D eigenvalue weighted by molar-refractivity contribution is 0.479. The van der Waals surface area contributed by atoms with E-state index >= 15 is 0 Å². The summed E-state index contributed by atoms with van der Waals surface area (Å²) in [6.45, 7) is 6.60. The van der Waals surface area contributed by atoms with Crippen LogP contribution in [0.15, 0.2) is 109 Å². The van der Waals surface area contributed by atoms with Gasteiger partial charge in [0.15, 0.2) is 0 Å². The third-order valence-corrected chi connectivity index (χ3v) is 6.21. The number of phenols is 1. The van der Waals surface area contributed by atoms with Crippen molar-refractivity contribution >= 4 is 10.8 Å². The van der Waals surface area contributed by atoms with Gasteiger partial charge in [0.1, 0.15) is 17.2 Å². The van der Waals surface area contributed by atoms with Gasteiger partial charge in [-0.1, -0.05) is 106 Å². The highest BCUT2D eigenvalue weighted by atomic mass is 16.5. The van der Waals surface area contributed by atoms with E-state index in [0.29, 0.717) is 5.75 Å². The van der Waals surface area contributed by atoms with Crippen LogP contribution in [0.25, 0.3) is 33.0 Å². The Morgan fingerprint density at radius 1 is 0.618 bits per heavy atom. The van der Waals surface area contributed by atoms with Crippen molar-refractivity contribution in [1.82, 2.24) is 0 Å². The molecule has 5 aromatic carbocycles. The lowest BCUT2D eigenvalue weighted by Crippen LogP contribution is -2.10. The van der Waals surface area contributed by atoms with Gasteiger partial charge in [0.2, 0.25) is 0 Å². The third-order valence-electron chi connectivity index (χ3n) is 6.21. The van der Waals surface area contributed by atoms with Crippen LogP contribution in [0.2, 0.25) is 0 Å². The lowest BCUT2D eigenvalue weighted by atomic mass is 9.87. The van der Waals surface area contributed by atoms with Crippen LogP contribution < -0.4 is 4.74 Å². The van der Waals surface area contributed by atoms with Crippen molar-refractivity contribution in [3.63, 3.8) is 0 Å². The van der Waals surface area contributed by atoms with E-state index in [2.05, 4.69) is 51.1 Å². The largest absolute Gasteiger partial charge is 0.507 e. The Labute approximate surface area is 201 Å². The third kappa shape index (κ3) is 4.15. The molecule has 0 unspecified atom stereocenters. The molecule has 0 amide bonds. The summed E-state index contributed by atoms with van der Waals surface area (Å²) in [5.41, 5.74) is 5.16. The Kier molecular flexibility index (Phi) is 5.59. The summed E-state index contributed by atoms with van der Waals surface area (Å²) in [5.74, 6) is 1.75. The van der Waals surface area contributed by atoms with Crippen LogP contribution in [-0.2, 0) is 5.41 Å². The molecule has 0 saturated heterocycles. The van der Waals surface area contributed by atoms with Gasteiger partial charge < -0.3 is 9.84 Å². The van der Waals surface area contributed by atoms with Gasteiger partial charge in [0.25, 0.3) is 0 Å². The molecular formula is C32H28O2. The molecule has 0 aliphatic heterocycles. The maximum atomic E-state index is 11.5. The second-order valence-electron chi connectivity index (χ2n) is 9.61. The second-order valence-corrected chi connectivity index (χ2v) is 9.61. The first kappa shape index (κ1) is 21.8. The minimum Gasteiger partial charge on any atom is -0.507 e. The van der Waals surface area contributed by atoms with Crippen LogP contribution in [0.3, 0.4) is 0 Å². The number of fused-ring (bicyclic) bond motifs is 1. The van der Waals surface area contributed by atoms with Gasteiger partial charge in [0, 0.05) is 16.3 Å². The van der Waals surface area contributed by atoms with E-state index in [1.807, 2.05) is 78.9 Å². The number of ether oxygens (including phenoxy) is 1. The lowest BCUT2D eigenvalue weighted by Gasteiger charge is -2.20. The number of benzene rings is 5. The summed E-state index contributed by atoms with van der Waals surface area (Å²) in [5, 5.41) is 13.1. The first-order valence-electron chi connectivity index (χ1n) is 11.6. The highest BCUT2D eigenvalue weighted by molar-refractivity contribution is 6.04. The summed E-state index contributed by atoms with van der Waals surface area (Å²) >= 11 is 0. The molecule has 0 heterocycles. The van der Waals surface area contributed by atoms with E-state index < -0.39 is 0 Å². The molecule has 0 aliphatic rings. The van der Waals surface area contributed by atoms with Crippen molar-refractivity contribution < 1.29 is 9.84 Å². The van der Waals surface area contributed by atoms with E-state index in [9.17, 15) is 5.11 Å². The van der Waals surface area contributed by atoms with Gasteiger partial charge in [-0.3, -0.25) is 0 Å². The molecule has 2 heteroatoms. The Balaban J connectivity index is 1.68. The average Bonchev–Trinajstić information content (AvgIpc) is 2.85. The maximum Gasteiger partial charge on any atom is 0.135 e. The van der Waals surface area contributed by atoms with Crippen LogP contribution in [0.5, 0.6) is 17.2 Å². The Morgan fingerprint density at radius 2 is 1.24 bits per heavy atom. The summed E-state index contributed by atoms with van der Waals surface area (Å²) in [6.07, 6.45) is 0. The number of rotatable bonds is 4. The summed E-state index contributed by atoms with van der Waals surface area (Å²) < 4.78 is 6.34. The van der Waals surface area contributed by atoms with Crippen molar-refractivity contribution in [1.29, 1.82) is 0 Å². The van der Waals surface area contributed by atoms with Crippen LogP contribution in [0.4, 0.5) is 0 Å². The number of phenolic OH excluding ortho intramolecular Hbond substituents is 1. The van der Waals surface area contributed by atoms with Gasteiger partial charge in [-0.05, 0) is 51.9 Å². The molecule has 0 aromatic heterocycles. The maximum absolute atomic E-state index is 11.5. The monoisotopic (exact) mass is 444 g/mol. The van der Waals surface area contributed by atoms with Crippen LogP contribution >= 0.6 is 0 Å². The van der Waals surface area contributed by atoms with Crippen LogP contribution in [0.1, 0.15) is 26.3 Å². The highest BCUT2D eigenvalue weighted by Crippen LogP contribution is 2.46. The van der Waals surface area contributed by atoms with Gasteiger partial charge in [-0.15, -0.1) is 0 Å². The SMILES string of the molecule is CC(C)(C)c1ccc(Oc2cccc3c(O)c(-c4ccccc4)c(-c4ccccc4)cc23)cc1. The van der Waals surface area contributed by atoms with Crippen LogP contribution in [-0.4, -0.2) is 5.11 Å². The number of hydrogen-bond acceptors (Lipinski definition) is 2. The second kappa shape index (κ2) is 8.72. The zero-order chi connectivity index (χ0) is 23.7. The fourth-order valence-electron chi connectivity index (χ4n) is 4.36. The first-order chi connectivity index (χ1) is 16.4. The van der Waals surface area contributed by atoms with Crippen LogP contribution in [0, 0.1) is 0 Å². The fourth-order valence-corrected chi connectivity index (χ4v) is 4.36. The zero-order valence-corrected chi connectivity index (χ0v) is 19.7. The summed E-state index contributed by atoms with van der Waals surface area (Å²) in [7, 11) is 0. The highest BCUT2D eigenvalue weighted by Gasteiger charge is 2.19. The standard InChI is InChI=1S/C32H28O2/c1-32(2,3)24-17-19-25(20-18-24)34-29-16-10-15-26-28(29)21-27(22-11-6-4-7-12-22)30(31(26)33)23-13-8-5-9-14-23/h4-21,33H,1-3H3. The predicted molar refractivity (Wildman–Crippen MR) is 142 cm³/mol. The normalized spacial score (nSPS) is 11.5. The molecule has 0 aliphatic carbocycles. The molecule has 5 aromatic rings. The van der Waals surface area contributed by atoms with Gasteiger partial charge >= 0.3 is 0 Å². The fraction of sp³-hybridized carbons (Fsp3) is 0.125. The topological polar surface area (TPSA) is 29.5 Å². The summed E-state index contributed by atoms with van der Waals surface area (Å²) in [4.78, 5) is 0. The molecule has 0 saturated carbocycles. The molecule has 2 nitrogen and oxygen atoms in total. The zero-order valence-electron chi connectivity index (χ0n) is 19.7. The quantitative estimate of drug-likeness (QED) is 0.300. The molecule has 168 valence electrons. The molecule has 0 atom stereocenters. The van der Waals surface area contributed by atoms with Gasteiger partial charge in [-0.2, -0.15) is 0 Å². The molecule has 34 heavy (non-hydrogen) atoms. The van der Waals surface area contributed by atoms with Gasteiger partial charge in [0.05, 0.1) is 0 Å². The molecular weight excluding hydrogens is 416 g/mol. The Morgan fingerprint density at radius 3 is 1.85 bits per heavy atom. The van der Waals surface area contributed by atoms with Crippen molar-refractivity contribution in [2.45, 2.75) is 26.2 Å². The number of aromatic hydroxyl groups is 1. The van der Waals surface area contributed by atoms with E-state index in [-0.39, 0.29) is 11.2 Å².